The predicted molar refractivity (Wildman–Crippen MR) is 256 cm³/mol. The summed E-state index contributed by atoms with van der Waals surface area (Å²) in [5, 5.41) is 7.49. The van der Waals surface area contributed by atoms with Gasteiger partial charge in [0.25, 0.3) is 0 Å². The third-order valence-corrected chi connectivity index (χ3v) is 13.1. The van der Waals surface area contributed by atoms with Gasteiger partial charge in [-0.05, 0) is 123 Å². The highest BCUT2D eigenvalue weighted by Crippen LogP contribution is 2.63. The van der Waals surface area contributed by atoms with Crippen LogP contribution in [0.5, 0.6) is 0 Å². The molecule has 1 spiro atoms. The first-order valence-corrected chi connectivity index (χ1v) is 21.1. The Bertz CT molecular complexity index is 3380. The Labute approximate surface area is 355 Å². The minimum Gasteiger partial charge on any atom is -0.398 e. The van der Waals surface area contributed by atoms with Gasteiger partial charge in [0.05, 0.1) is 17.7 Å². The molecule has 10 aromatic rings. The van der Waals surface area contributed by atoms with Crippen molar-refractivity contribution in [1.82, 2.24) is 0 Å². The first-order chi connectivity index (χ1) is 30.2. The molecule has 0 unspecified atom stereocenters. The molecule has 0 atom stereocenters. The molecule has 0 bridgehead atoms. The monoisotopic (exact) mass is 776 g/mol. The second-order valence-corrected chi connectivity index (χ2v) is 16.3. The first kappa shape index (κ1) is 35.2. The number of hydrogen-bond donors (Lipinski definition) is 1. The fourth-order valence-corrected chi connectivity index (χ4v) is 10.5. The lowest BCUT2D eigenvalue weighted by atomic mass is 9.70. The van der Waals surface area contributed by atoms with Gasteiger partial charge in [0.1, 0.15) is 0 Å². The van der Waals surface area contributed by atoms with Crippen LogP contribution in [0.3, 0.4) is 0 Å². The van der Waals surface area contributed by atoms with Crippen molar-refractivity contribution in [2.75, 3.05) is 0 Å². The van der Waals surface area contributed by atoms with E-state index in [1.54, 1.807) is 0 Å². The Kier molecular flexibility index (Phi) is 8.01. The minimum atomic E-state index is -0.399. The smallest absolute Gasteiger partial charge is 0.0725 e. The average molecular weight is 777 g/mol. The largest absolute Gasteiger partial charge is 0.398 e. The van der Waals surface area contributed by atoms with Gasteiger partial charge < -0.3 is 5.73 Å². The topological polar surface area (TPSA) is 38.4 Å². The first-order valence-electron chi connectivity index (χ1n) is 21.1. The van der Waals surface area contributed by atoms with E-state index in [4.69, 9.17) is 10.7 Å². The molecule has 61 heavy (non-hydrogen) atoms. The zero-order valence-corrected chi connectivity index (χ0v) is 33.5. The van der Waals surface area contributed by atoms with Crippen molar-refractivity contribution in [1.29, 1.82) is 0 Å². The Morgan fingerprint density at radius 2 is 0.918 bits per heavy atom. The minimum absolute atomic E-state index is 0.399. The zero-order chi connectivity index (χ0) is 40.5. The van der Waals surface area contributed by atoms with Crippen molar-refractivity contribution in [3.63, 3.8) is 0 Å². The van der Waals surface area contributed by atoms with Crippen molar-refractivity contribution in [3.05, 3.63) is 257 Å². The van der Waals surface area contributed by atoms with Crippen LogP contribution in [0.15, 0.2) is 223 Å². The van der Waals surface area contributed by atoms with Crippen molar-refractivity contribution >= 4 is 43.7 Å². The standard InChI is InChI=1S/C59H40N2/c60-56(39-16-3-1-4-17-39)36-57(40-18-5-2-6-19-40)61-37-38-30-32-50-51(34-38)44-21-8-7-20-43(44)49-26-15-25-42(58(49)50)41-31-33-48-47-24-11-14-29-54(47)59(55(48)35-41)52-27-12-9-22-45(52)46-23-10-13-28-53(46)59/h1-36H,37,60H2/b56-36-,61-57?. The summed E-state index contributed by atoms with van der Waals surface area (Å²) < 4.78 is 0. The van der Waals surface area contributed by atoms with Crippen LogP contribution in [0.25, 0.3) is 71.4 Å². The van der Waals surface area contributed by atoms with E-state index in [9.17, 15) is 0 Å². The summed E-state index contributed by atoms with van der Waals surface area (Å²) in [4.78, 5) is 5.22. The van der Waals surface area contributed by atoms with Gasteiger partial charge in [-0.3, -0.25) is 4.99 Å². The predicted octanol–water partition coefficient (Wildman–Crippen LogP) is 14.1. The maximum absolute atomic E-state index is 6.66. The molecule has 0 heterocycles. The molecule has 0 radical (unpaired) electrons. The van der Waals surface area contributed by atoms with Gasteiger partial charge >= 0.3 is 0 Å². The summed E-state index contributed by atoms with van der Waals surface area (Å²) in [6, 6.07) is 77.4. The van der Waals surface area contributed by atoms with Gasteiger partial charge in [0, 0.05) is 5.70 Å². The van der Waals surface area contributed by atoms with Crippen LogP contribution in [0.4, 0.5) is 0 Å². The summed E-state index contributed by atoms with van der Waals surface area (Å²) in [7, 11) is 0. The number of allylic oxidation sites excluding steroid dienone is 1. The van der Waals surface area contributed by atoms with Crippen LogP contribution in [-0.4, -0.2) is 5.71 Å². The lowest BCUT2D eigenvalue weighted by Gasteiger charge is -2.30. The molecule has 0 saturated heterocycles. The molecule has 0 amide bonds. The zero-order valence-electron chi connectivity index (χ0n) is 33.5. The maximum atomic E-state index is 6.66. The second-order valence-electron chi connectivity index (χ2n) is 16.3. The molecule has 0 saturated carbocycles. The van der Waals surface area contributed by atoms with Crippen LogP contribution in [0.2, 0.25) is 0 Å². The highest BCUT2D eigenvalue weighted by Gasteiger charge is 2.51. The van der Waals surface area contributed by atoms with Crippen LogP contribution >= 0.6 is 0 Å². The number of fused-ring (bicyclic) bond motifs is 16. The van der Waals surface area contributed by atoms with Gasteiger partial charge in [0.15, 0.2) is 0 Å². The summed E-state index contributed by atoms with van der Waals surface area (Å²) in [5.41, 5.74) is 24.1. The maximum Gasteiger partial charge on any atom is 0.0725 e. The highest BCUT2D eigenvalue weighted by atomic mass is 14.7. The fourth-order valence-electron chi connectivity index (χ4n) is 10.5. The highest BCUT2D eigenvalue weighted by molar-refractivity contribution is 6.28. The molecule has 2 heteroatoms. The van der Waals surface area contributed by atoms with E-state index < -0.39 is 5.41 Å². The van der Waals surface area contributed by atoms with Gasteiger partial charge in [-0.1, -0.05) is 200 Å². The number of hydrogen-bond acceptors (Lipinski definition) is 2. The second kappa shape index (κ2) is 13.9. The molecule has 10 aromatic carbocycles. The molecular weight excluding hydrogens is 737 g/mol. The fraction of sp³-hybridized carbons (Fsp3) is 0.0339. The van der Waals surface area contributed by atoms with Crippen LogP contribution in [-0.2, 0) is 12.0 Å². The van der Waals surface area contributed by atoms with E-state index in [1.165, 1.54) is 88.0 Å². The van der Waals surface area contributed by atoms with E-state index in [0.29, 0.717) is 12.2 Å². The van der Waals surface area contributed by atoms with Crippen molar-refractivity contribution in [3.8, 4) is 33.4 Å². The lowest BCUT2D eigenvalue weighted by molar-refractivity contribution is 0.794. The number of aliphatic imine (C=N–C) groups is 1. The molecule has 2 N–H and O–H groups in total. The quantitative estimate of drug-likeness (QED) is 0.133. The van der Waals surface area contributed by atoms with Gasteiger partial charge in [-0.2, -0.15) is 0 Å². The number of rotatable bonds is 6. The summed E-state index contributed by atoms with van der Waals surface area (Å²) in [6.45, 7) is 0.517. The van der Waals surface area contributed by atoms with Crippen LogP contribution in [0, 0.1) is 0 Å². The van der Waals surface area contributed by atoms with Gasteiger partial charge in [-0.25, -0.2) is 0 Å². The molecular formula is C59H40N2. The molecule has 0 aliphatic heterocycles. The summed E-state index contributed by atoms with van der Waals surface area (Å²) >= 11 is 0. The molecule has 286 valence electrons. The van der Waals surface area contributed by atoms with Gasteiger partial charge in [0.2, 0.25) is 0 Å². The molecule has 2 aliphatic carbocycles. The van der Waals surface area contributed by atoms with E-state index in [2.05, 4.69) is 164 Å². The lowest BCUT2D eigenvalue weighted by Crippen LogP contribution is -2.25. The number of benzene rings is 10. The van der Waals surface area contributed by atoms with Crippen LogP contribution in [0.1, 0.15) is 38.9 Å². The Morgan fingerprint density at radius 1 is 0.410 bits per heavy atom. The van der Waals surface area contributed by atoms with Crippen molar-refractivity contribution in [2.45, 2.75) is 12.0 Å². The SMILES string of the molecule is N/C(=C\C(=NCc1ccc2c(c1)c1ccccc1c1cccc(-c3ccc4c(c3)C3(c5ccccc5-c5ccccc53)c3ccccc3-4)c12)c1ccccc1)c1ccccc1. The van der Waals surface area contributed by atoms with E-state index in [0.717, 1.165) is 22.4 Å². The number of nitrogens with two attached hydrogens (primary N) is 1. The van der Waals surface area contributed by atoms with E-state index in [1.807, 2.05) is 54.6 Å². The Hall–Kier alpha value is -7.81. The summed E-state index contributed by atoms with van der Waals surface area (Å²) in [5.74, 6) is 0. The molecule has 0 aromatic heterocycles. The Balaban J connectivity index is 1.04. The molecule has 0 fully saturated rings. The normalized spacial score (nSPS) is 13.7. The van der Waals surface area contributed by atoms with Crippen molar-refractivity contribution in [2.24, 2.45) is 10.7 Å². The molecule has 2 aliphatic rings. The third kappa shape index (κ3) is 5.32. The van der Waals surface area contributed by atoms with E-state index >= 15 is 0 Å². The molecule has 12 rings (SSSR count). The Morgan fingerprint density at radius 3 is 1.57 bits per heavy atom. The number of nitrogens with zero attached hydrogens (tertiary/aromatic N) is 1. The average Bonchev–Trinajstić information content (AvgIpc) is 3.80. The van der Waals surface area contributed by atoms with E-state index in [-0.39, 0.29) is 0 Å². The van der Waals surface area contributed by atoms with Crippen LogP contribution < -0.4 is 5.73 Å². The summed E-state index contributed by atoms with van der Waals surface area (Å²) in [6.07, 6.45) is 2.00. The van der Waals surface area contributed by atoms with Crippen molar-refractivity contribution < 1.29 is 0 Å². The third-order valence-electron chi connectivity index (χ3n) is 13.1. The molecule has 2 nitrogen and oxygen atoms in total. The van der Waals surface area contributed by atoms with Gasteiger partial charge in [-0.15, -0.1) is 0 Å².